The normalized spacial score (nSPS) is 14.4. The molecule has 0 saturated carbocycles. The average Bonchev–Trinajstić information content (AvgIpc) is 3.06. The van der Waals surface area contributed by atoms with Gasteiger partial charge >= 0.3 is 0 Å². The lowest BCUT2D eigenvalue weighted by molar-refractivity contribution is 0.637. The highest BCUT2D eigenvalue weighted by Gasteiger charge is 2.30. The molecule has 0 radical (unpaired) electrons. The Morgan fingerprint density at radius 1 is 0.967 bits per heavy atom. The second-order valence-electron chi connectivity index (χ2n) is 7.14. The number of para-hydroxylation sites is 2. The van der Waals surface area contributed by atoms with Crippen LogP contribution >= 0.6 is 0 Å². The number of nitriles is 1. The Kier molecular flexibility index (Phi) is 4.62. The minimum atomic E-state index is -0.143. The van der Waals surface area contributed by atoms with Crippen LogP contribution in [0.2, 0.25) is 0 Å². The van der Waals surface area contributed by atoms with Gasteiger partial charge in [0, 0.05) is 23.5 Å². The summed E-state index contributed by atoms with van der Waals surface area (Å²) < 4.78 is 1.91. The highest BCUT2D eigenvalue weighted by Crippen LogP contribution is 2.44. The van der Waals surface area contributed by atoms with Crippen LogP contribution in [0.5, 0.6) is 0 Å². The van der Waals surface area contributed by atoms with Crippen molar-refractivity contribution in [2.24, 2.45) is 0 Å². The molecule has 4 aromatic rings. The number of benzene rings is 2. The van der Waals surface area contributed by atoms with Gasteiger partial charge in [-0.15, -0.1) is 0 Å². The van der Waals surface area contributed by atoms with Crippen molar-refractivity contribution in [3.05, 3.63) is 90.3 Å². The molecule has 0 amide bonds. The number of aryl methyl sites for hydroxylation is 1. The van der Waals surface area contributed by atoms with Crippen LogP contribution in [0.25, 0.3) is 11.3 Å². The van der Waals surface area contributed by atoms with Crippen molar-refractivity contribution in [1.82, 2.24) is 14.8 Å². The van der Waals surface area contributed by atoms with Gasteiger partial charge in [-0.1, -0.05) is 48.5 Å². The smallest absolute Gasteiger partial charge is 0.135 e. The van der Waals surface area contributed by atoms with Crippen LogP contribution in [0, 0.1) is 11.3 Å². The van der Waals surface area contributed by atoms with Crippen LogP contribution in [0.3, 0.4) is 0 Å². The zero-order valence-electron chi connectivity index (χ0n) is 16.3. The summed E-state index contributed by atoms with van der Waals surface area (Å²) in [5.41, 5.74) is 6.01. The number of rotatable bonds is 4. The Morgan fingerprint density at radius 2 is 1.77 bits per heavy atom. The Bertz CT molecular complexity index is 1210. The van der Waals surface area contributed by atoms with Gasteiger partial charge < -0.3 is 10.6 Å². The van der Waals surface area contributed by atoms with Crippen molar-refractivity contribution in [2.75, 3.05) is 10.6 Å². The number of pyridine rings is 1. The summed E-state index contributed by atoms with van der Waals surface area (Å²) in [5, 5.41) is 21.4. The molecule has 1 aliphatic heterocycles. The van der Waals surface area contributed by atoms with E-state index in [0.717, 1.165) is 39.6 Å². The molecule has 2 aromatic carbocycles. The number of hydrogen-bond donors (Lipinski definition) is 2. The third kappa shape index (κ3) is 3.16. The van der Waals surface area contributed by atoms with Gasteiger partial charge in [0.1, 0.15) is 11.5 Å². The molecule has 30 heavy (non-hydrogen) atoms. The molecule has 146 valence electrons. The topological polar surface area (TPSA) is 78.6 Å². The zero-order chi connectivity index (χ0) is 20.3. The predicted molar refractivity (Wildman–Crippen MR) is 117 cm³/mol. The van der Waals surface area contributed by atoms with Crippen molar-refractivity contribution < 1.29 is 0 Å². The Morgan fingerprint density at radius 3 is 2.53 bits per heavy atom. The van der Waals surface area contributed by atoms with Crippen LogP contribution in [-0.2, 0) is 6.54 Å². The number of fused-ring (bicyclic) bond motifs is 2. The lowest BCUT2D eigenvalue weighted by Crippen LogP contribution is -2.12. The van der Waals surface area contributed by atoms with E-state index in [-0.39, 0.29) is 6.04 Å². The minimum absolute atomic E-state index is 0.143. The van der Waals surface area contributed by atoms with Gasteiger partial charge in [-0.05, 0) is 23.8 Å². The van der Waals surface area contributed by atoms with E-state index in [1.54, 1.807) is 6.20 Å². The first-order chi connectivity index (χ1) is 14.8. The van der Waals surface area contributed by atoms with Gasteiger partial charge in [-0.2, -0.15) is 10.4 Å². The molecule has 0 unspecified atom stereocenters. The van der Waals surface area contributed by atoms with Crippen LogP contribution in [0.1, 0.15) is 23.6 Å². The highest BCUT2D eigenvalue weighted by atomic mass is 15.3. The number of nitrogens with one attached hydrogen (secondary N) is 2. The lowest BCUT2D eigenvalue weighted by Gasteiger charge is -2.19. The Hall–Kier alpha value is -4.11. The molecular formula is C24H20N6. The van der Waals surface area contributed by atoms with E-state index in [2.05, 4.69) is 46.0 Å². The summed E-state index contributed by atoms with van der Waals surface area (Å²) in [6, 6.07) is 24.4. The largest absolute Gasteiger partial charge is 0.372 e. The Balaban J connectivity index is 1.77. The van der Waals surface area contributed by atoms with E-state index < -0.39 is 0 Å². The number of aromatic nitrogens is 3. The van der Waals surface area contributed by atoms with Gasteiger partial charge in [0.05, 0.1) is 36.5 Å². The fourth-order valence-electron chi connectivity index (χ4n) is 3.88. The molecule has 0 bridgehead atoms. The van der Waals surface area contributed by atoms with E-state index in [1.165, 1.54) is 0 Å². The quantitative estimate of drug-likeness (QED) is 0.504. The summed E-state index contributed by atoms with van der Waals surface area (Å²) in [6.45, 7) is 0.514. The third-order valence-corrected chi connectivity index (χ3v) is 5.26. The fourth-order valence-corrected chi connectivity index (χ4v) is 3.88. The first kappa shape index (κ1) is 18.0. The molecule has 0 aliphatic carbocycles. The van der Waals surface area contributed by atoms with E-state index in [0.29, 0.717) is 13.0 Å². The zero-order valence-corrected chi connectivity index (χ0v) is 16.3. The standard InChI is InChI=1S/C24H20N6/c25-13-7-15-30-24-21(23(29-30)17-8-2-1-3-9-17)22(18-10-6-14-26-16-18)27-19-11-4-5-12-20(19)28-24/h1-6,8-12,14,16,22,27-28H,7,15H2/t22-/m0/s1. The lowest BCUT2D eigenvalue weighted by atomic mass is 9.96. The number of hydrogen-bond acceptors (Lipinski definition) is 5. The van der Waals surface area contributed by atoms with E-state index in [9.17, 15) is 0 Å². The van der Waals surface area contributed by atoms with Crippen molar-refractivity contribution in [2.45, 2.75) is 19.0 Å². The number of nitrogens with zero attached hydrogens (tertiary/aromatic N) is 4. The van der Waals surface area contributed by atoms with E-state index >= 15 is 0 Å². The van der Waals surface area contributed by atoms with Crippen molar-refractivity contribution >= 4 is 17.2 Å². The average molecular weight is 392 g/mol. The van der Waals surface area contributed by atoms with Crippen molar-refractivity contribution in [3.63, 3.8) is 0 Å². The third-order valence-electron chi connectivity index (χ3n) is 5.26. The minimum Gasteiger partial charge on any atom is -0.372 e. The summed E-state index contributed by atoms with van der Waals surface area (Å²) in [4.78, 5) is 4.35. The number of anilines is 3. The monoisotopic (exact) mass is 392 g/mol. The molecule has 2 N–H and O–H groups in total. The van der Waals surface area contributed by atoms with Crippen LogP contribution < -0.4 is 10.6 Å². The molecule has 6 heteroatoms. The molecule has 6 nitrogen and oxygen atoms in total. The van der Waals surface area contributed by atoms with Gasteiger partial charge in [0.15, 0.2) is 0 Å². The molecule has 3 heterocycles. The maximum Gasteiger partial charge on any atom is 0.135 e. The van der Waals surface area contributed by atoms with Crippen molar-refractivity contribution in [1.29, 1.82) is 5.26 Å². The molecular weight excluding hydrogens is 372 g/mol. The van der Waals surface area contributed by atoms with E-state index in [4.69, 9.17) is 10.4 Å². The van der Waals surface area contributed by atoms with Gasteiger partial charge in [0.2, 0.25) is 0 Å². The summed E-state index contributed by atoms with van der Waals surface area (Å²) >= 11 is 0. The van der Waals surface area contributed by atoms with Gasteiger partial charge in [0.25, 0.3) is 0 Å². The molecule has 0 fully saturated rings. The maximum absolute atomic E-state index is 9.17. The molecule has 1 atom stereocenters. The summed E-state index contributed by atoms with van der Waals surface area (Å²) in [7, 11) is 0. The summed E-state index contributed by atoms with van der Waals surface area (Å²) in [6.07, 6.45) is 4.05. The molecule has 2 aromatic heterocycles. The highest BCUT2D eigenvalue weighted by molar-refractivity contribution is 5.83. The SMILES string of the molecule is N#CCCn1nc(-c2ccccc2)c2c1Nc1ccccc1N[C@H]2c1cccnc1. The maximum atomic E-state index is 9.17. The first-order valence-electron chi connectivity index (χ1n) is 9.91. The van der Waals surface area contributed by atoms with Crippen molar-refractivity contribution in [3.8, 4) is 17.3 Å². The first-order valence-corrected chi connectivity index (χ1v) is 9.91. The van der Waals surface area contributed by atoms with Gasteiger partial charge in [-0.3, -0.25) is 4.98 Å². The predicted octanol–water partition coefficient (Wildman–Crippen LogP) is 5.12. The molecule has 5 rings (SSSR count). The molecule has 1 aliphatic rings. The van der Waals surface area contributed by atoms with Crippen LogP contribution in [-0.4, -0.2) is 14.8 Å². The van der Waals surface area contributed by atoms with Crippen LogP contribution in [0.4, 0.5) is 17.2 Å². The van der Waals surface area contributed by atoms with Gasteiger partial charge in [-0.25, -0.2) is 4.68 Å². The molecule has 0 spiro atoms. The van der Waals surface area contributed by atoms with E-state index in [1.807, 2.05) is 53.3 Å². The van der Waals surface area contributed by atoms with Crippen LogP contribution in [0.15, 0.2) is 79.1 Å². The second kappa shape index (κ2) is 7.72. The fraction of sp³-hybridized carbons (Fsp3) is 0.125. The Labute approximate surface area is 174 Å². The molecule has 0 saturated heterocycles. The second-order valence-corrected chi connectivity index (χ2v) is 7.14. The summed E-state index contributed by atoms with van der Waals surface area (Å²) in [5.74, 6) is 0.899.